The van der Waals surface area contributed by atoms with Crippen molar-refractivity contribution in [2.45, 2.75) is 58.0 Å². The first kappa shape index (κ1) is 19.9. The number of Topliss-reactive ketones (excluding diaryl/α,β-unsaturated/α-hetero) is 1. The molecule has 0 spiro atoms. The smallest absolute Gasteiger partial charge is 0.178 e. The Balaban J connectivity index is 1.84. The molecule has 4 nitrogen and oxygen atoms in total. The number of aliphatic hydroxyl groups is 2. The fourth-order valence-corrected chi connectivity index (χ4v) is 7.36. The van der Waals surface area contributed by atoms with Gasteiger partial charge in [-0.05, 0) is 61.2 Å². The summed E-state index contributed by atoms with van der Waals surface area (Å²) in [6.45, 7) is 4.78. The number of carbonyl (C=O) groups is 2. The number of hydrogen-bond donors (Lipinski definition) is 2. The van der Waals surface area contributed by atoms with Gasteiger partial charge >= 0.3 is 0 Å². The van der Waals surface area contributed by atoms with Crippen molar-refractivity contribution in [1.82, 2.24) is 0 Å². The lowest BCUT2D eigenvalue weighted by Gasteiger charge is -2.62. The van der Waals surface area contributed by atoms with Crippen LogP contribution in [0.4, 0.5) is 8.78 Å². The molecule has 0 aromatic rings. The molecule has 3 saturated carbocycles. The van der Waals surface area contributed by atoms with Crippen LogP contribution in [-0.4, -0.2) is 46.3 Å². The van der Waals surface area contributed by atoms with Crippen LogP contribution < -0.4 is 0 Å². The zero-order chi connectivity index (χ0) is 20.6. The molecule has 4 aliphatic rings. The summed E-state index contributed by atoms with van der Waals surface area (Å²) in [6.07, 6.45) is 1.52. The third kappa shape index (κ3) is 2.22. The van der Waals surface area contributed by atoms with Gasteiger partial charge in [0, 0.05) is 17.3 Å². The van der Waals surface area contributed by atoms with E-state index in [1.165, 1.54) is 18.2 Å². The molecular formula is C22H28F2O4. The average molecular weight is 394 g/mol. The second-order valence-corrected chi connectivity index (χ2v) is 9.76. The van der Waals surface area contributed by atoms with Crippen LogP contribution in [-0.2, 0) is 9.59 Å². The minimum absolute atomic E-state index is 0.0736. The molecule has 0 aliphatic heterocycles. The topological polar surface area (TPSA) is 74.6 Å². The molecule has 28 heavy (non-hydrogen) atoms. The van der Waals surface area contributed by atoms with Crippen molar-refractivity contribution in [1.29, 1.82) is 0 Å². The van der Waals surface area contributed by atoms with Gasteiger partial charge in [-0.15, -0.1) is 0 Å². The summed E-state index contributed by atoms with van der Waals surface area (Å²) in [6, 6.07) is 0. The number of aliphatic hydroxyl groups excluding tert-OH is 2. The summed E-state index contributed by atoms with van der Waals surface area (Å²) >= 11 is 0. The van der Waals surface area contributed by atoms with E-state index in [1.54, 1.807) is 6.92 Å². The highest BCUT2D eigenvalue weighted by molar-refractivity contribution is 6.01. The van der Waals surface area contributed by atoms with Crippen LogP contribution in [0.25, 0.3) is 0 Å². The Labute approximate surface area is 163 Å². The number of ketones is 2. The predicted octanol–water partition coefficient (Wildman–Crippen LogP) is 2.73. The molecule has 3 fully saturated rings. The maximum Gasteiger partial charge on any atom is 0.178 e. The molecule has 0 aromatic carbocycles. The molecule has 0 bridgehead atoms. The lowest BCUT2D eigenvalue weighted by atomic mass is 9.45. The van der Waals surface area contributed by atoms with Gasteiger partial charge in [0.15, 0.2) is 17.2 Å². The van der Waals surface area contributed by atoms with Crippen LogP contribution in [0.3, 0.4) is 0 Å². The number of allylic oxidation sites excluding steroid dienone is 4. The van der Waals surface area contributed by atoms with E-state index in [0.29, 0.717) is 6.42 Å². The van der Waals surface area contributed by atoms with Gasteiger partial charge in [0.05, 0.1) is 6.10 Å². The largest absolute Gasteiger partial charge is 0.390 e. The molecule has 0 heterocycles. The van der Waals surface area contributed by atoms with Gasteiger partial charge in [0.2, 0.25) is 0 Å². The first-order valence-corrected chi connectivity index (χ1v) is 10.1. The van der Waals surface area contributed by atoms with Crippen molar-refractivity contribution >= 4 is 11.6 Å². The van der Waals surface area contributed by atoms with Crippen LogP contribution in [0.15, 0.2) is 23.8 Å². The summed E-state index contributed by atoms with van der Waals surface area (Å²) in [4.78, 5) is 24.3. The van der Waals surface area contributed by atoms with Crippen molar-refractivity contribution < 1.29 is 28.6 Å². The first-order valence-electron chi connectivity index (χ1n) is 10.1. The fraction of sp³-hybridized carbons (Fsp3) is 0.727. The highest BCUT2D eigenvalue weighted by Crippen LogP contribution is 2.70. The van der Waals surface area contributed by atoms with Gasteiger partial charge in [-0.2, -0.15) is 0 Å². The van der Waals surface area contributed by atoms with E-state index in [-0.39, 0.29) is 41.8 Å². The molecular weight excluding hydrogens is 366 g/mol. The van der Waals surface area contributed by atoms with Crippen molar-refractivity contribution in [3.63, 3.8) is 0 Å². The summed E-state index contributed by atoms with van der Waals surface area (Å²) in [5, 5.41) is 20.5. The van der Waals surface area contributed by atoms with Crippen LogP contribution >= 0.6 is 0 Å². The number of carbonyl (C=O) groups excluding carboxylic acids is 2. The Bertz CT molecular complexity index is 791. The SMILES string of the molecule is C[C@@H]1C[C@H]2[C@@H]3C[C@H](F)C4=CC(=O)C=C[C@]4(C)[C@@]3(F)[C@H](O)C[C@]2(C)[C@H]1C(=O)CO. The van der Waals surface area contributed by atoms with Crippen molar-refractivity contribution in [3.8, 4) is 0 Å². The fourth-order valence-electron chi connectivity index (χ4n) is 7.36. The van der Waals surface area contributed by atoms with E-state index in [2.05, 4.69) is 0 Å². The summed E-state index contributed by atoms with van der Waals surface area (Å²) in [5.41, 5.74) is -4.09. The van der Waals surface area contributed by atoms with Gasteiger partial charge in [-0.25, -0.2) is 8.78 Å². The minimum atomic E-state index is -2.11. The lowest BCUT2D eigenvalue weighted by Crippen LogP contribution is -2.68. The Morgan fingerprint density at radius 1 is 1.29 bits per heavy atom. The summed E-state index contributed by atoms with van der Waals surface area (Å²) in [7, 11) is 0. The number of halogens is 2. The summed E-state index contributed by atoms with van der Waals surface area (Å²) in [5.74, 6) is -2.26. The van der Waals surface area contributed by atoms with E-state index in [1.807, 2.05) is 13.8 Å². The van der Waals surface area contributed by atoms with Crippen LogP contribution in [0.1, 0.15) is 40.0 Å². The monoisotopic (exact) mass is 394 g/mol. The first-order chi connectivity index (χ1) is 13.0. The Morgan fingerprint density at radius 2 is 1.96 bits per heavy atom. The van der Waals surface area contributed by atoms with Gasteiger partial charge in [-0.1, -0.05) is 19.9 Å². The molecule has 2 N–H and O–H groups in total. The Hall–Kier alpha value is -1.40. The second-order valence-electron chi connectivity index (χ2n) is 9.76. The molecule has 0 radical (unpaired) electrons. The number of alkyl halides is 2. The molecule has 0 unspecified atom stereocenters. The van der Waals surface area contributed by atoms with Crippen LogP contribution in [0, 0.1) is 34.5 Å². The molecule has 0 aromatic heterocycles. The number of fused-ring (bicyclic) bond motifs is 5. The highest BCUT2D eigenvalue weighted by Gasteiger charge is 2.73. The van der Waals surface area contributed by atoms with Crippen molar-refractivity contribution in [3.05, 3.63) is 23.8 Å². The van der Waals surface area contributed by atoms with Crippen molar-refractivity contribution in [2.24, 2.45) is 34.5 Å². The van der Waals surface area contributed by atoms with Gasteiger partial charge < -0.3 is 10.2 Å². The molecule has 6 heteroatoms. The number of hydrogen-bond acceptors (Lipinski definition) is 4. The van der Waals surface area contributed by atoms with E-state index in [4.69, 9.17) is 0 Å². The number of rotatable bonds is 2. The van der Waals surface area contributed by atoms with Crippen LogP contribution in [0.2, 0.25) is 0 Å². The lowest BCUT2D eigenvalue weighted by molar-refractivity contribution is -0.202. The zero-order valence-electron chi connectivity index (χ0n) is 16.5. The third-order valence-electron chi connectivity index (χ3n) is 8.47. The molecule has 9 atom stereocenters. The summed E-state index contributed by atoms with van der Waals surface area (Å²) < 4.78 is 32.0. The minimum Gasteiger partial charge on any atom is -0.390 e. The van der Waals surface area contributed by atoms with Gasteiger partial charge in [0.1, 0.15) is 12.8 Å². The molecule has 4 aliphatic carbocycles. The average Bonchev–Trinajstić information content (AvgIpc) is 2.89. The van der Waals surface area contributed by atoms with E-state index >= 15 is 8.78 Å². The molecule has 154 valence electrons. The molecule has 0 saturated heterocycles. The van der Waals surface area contributed by atoms with E-state index < -0.39 is 47.2 Å². The normalized spacial score (nSPS) is 52.5. The van der Waals surface area contributed by atoms with Gasteiger partial charge in [0.25, 0.3) is 0 Å². The Kier molecular flexibility index (Phi) is 4.30. The van der Waals surface area contributed by atoms with Crippen molar-refractivity contribution in [2.75, 3.05) is 6.61 Å². The highest BCUT2D eigenvalue weighted by atomic mass is 19.1. The quantitative estimate of drug-likeness (QED) is 0.755. The predicted molar refractivity (Wildman–Crippen MR) is 98.8 cm³/mol. The maximum absolute atomic E-state index is 16.8. The van der Waals surface area contributed by atoms with E-state index in [9.17, 15) is 19.8 Å². The Morgan fingerprint density at radius 3 is 2.61 bits per heavy atom. The second kappa shape index (κ2) is 6.05. The molecule has 4 rings (SSSR count). The zero-order valence-corrected chi connectivity index (χ0v) is 16.5. The molecule has 0 amide bonds. The van der Waals surface area contributed by atoms with Gasteiger partial charge in [-0.3, -0.25) is 9.59 Å². The third-order valence-corrected chi connectivity index (χ3v) is 8.47. The van der Waals surface area contributed by atoms with Crippen LogP contribution in [0.5, 0.6) is 0 Å². The maximum atomic E-state index is 16.8. The van der Waals surface area contributed by atoms with E-state index in [0.717, 1.165) is 0 Å². The standard InChI is InChI=1S/C22H28F2O4/c1-11-6-13-14-8-16(23)15-7-12(26)4-5-21(15,3)22(14,24)18(28)9-20(13,2)19(11)17(27)10-25/h4-5,7,11,13-14,16,18-19,25,28H,6,8-10H2,1-3H3/t11-,13+,14+,16+,18-,19-,20+,21+,22+/m1/s1.